The van der Waals surface area contributed by atoms with Crippen molar-refractivity contribution in [3.05, 3.63) is 34.7 Å². The Bertz CT molecular complexity index is 734. The molecule has 1 fully saturated rings. The zero-order chi connectivity index (χ0) is 18.5. The lowest BCUT2D eigenvalue weighted by Crippen LogP contribution is -2.39. The monoisotopic (exact) mass is 374 g/mol. The second-order valence-electron chi connectivity index (χ2n) is 6.10. The van der Waals surface area contributed by atoms with Crippen molar-refractivity contribution in [2.45, 2.75) is 19.8 Å². The minimum Gasteiger partial charge on any atom is -0.497 e. The van der Waals surface area contributed by atoms with E-state index in [1.807, 2.05) is 37.3 Å². The van der Waals surface area contributed by atoms with Crippen molar-refractivity contribution in [2.75, 3.05) is 26.8 Å². The molecule has 0 spiro atoms. The number of carbonyl (C=O) groups excluding carboxylic acids is 2. The molecule has 138 valence electrons. The average Bonchev–Trinajstić information content (AvgIpc) is 3.03. The molecule has 26 heavy (non-hydrogen) atoms. The van der Waals surface area contributed by atoms with Gasteiger partial charge in [-0.05, 0) is 55.3 Å². The number of methoxy groups -OCH3 is 1. The lowest BCUT2D eigenvalue weighted by molar-refractivity contribution is -0.149. The number of carbonyl (C=O) groups is 2. The summed E-state index contributed by atoms with van der Waals surface area (Å²) < 4.78 is 10.2. The van der Waals surface area contributed by atoms with Gasteiger partial charge in [-0.3, -0.25) is 9.59 Å². The number of thioether (sulfide) groups is 1. The van der Waals surface area contributed by atoms with E-state index in [-0.39, 0.29) is 17.8 Å². The molecule has 0 unspecified atom stereocenters. The molecule has 0 saturated carbocycles. The fraction of sp³-hybridized carbons (Fsp3) is 0.421. The van der Waals surface area contributed by atoms with Gasteiger partial charge in [-0.2, -0.15) is 4.99 Å². The highest BCUT2D eigenvalue weighted by Gasteiger charge is 2.31. The van der Waals surface area contributed by atoms with E-state index < -0.39 is 0 Å². The van der Waals surface area contributed by atoms with Gasteiger partial charge in [0.05, 0.1) is 24.5 Å². The highest BCUT2D eigenvalue weighted by Crippen LogP contribution is 2.32. The Kier molecular flexibility index (Phi) is 5.98. The number of rotatable bonds is 4. The van der Waals surface area contributed by atoms with E-state index >= 15 is 0 Å². The average molecular weight is 374 g/mol. The number of nitrogens with zero attached hydrogens (tertiary/aromatic N) is 2. The van der Waals surface area contributed by atoms with E-state index in [0.717, 1.165) is 29.3 Å². The van der Waals surface area contributed by atoms with Crippen LogP contribution >= 0.6 is 11.8 Å². The maximum Gasteiger partial charge on any atom is 0.309 e. The van der Waals surface area contributed by atoms with E-state index in [0.29, 0.717) is 24.6 Å². The summed E-state index contributed by atoms with van der Waals surface area (Å²) in [6, 6.07) is 7.53. The van der Waals surface area contributed by atoms with Crippen LogP contribution < -0.4 is 4.74 Å². The predicted molar refractivity (Wildman–Crippen MR) is 102 cm³/mol. The Morgan fingerprint density at radius 3 is 2.62 bits per heavy atom. The molecule has 0 bridgehead atoms. The molecule has 2 aliphatic heterocycles. The summed E-state index contributed by atoms with van der Waals surface area (Å²) in [5.41, 5.74) is 0.930. The number of benzene rings is 1. The van der Waals surface area contributed by atoms with Crippen LogP contribution in [0.3, 0.4) is 0 Å². The zero-order valence-corrected chi connectivity index (χ0v) is 15.8. The highest BCUT2D eigenvalue weighted by molar-refractivity contribution is 8.18. The van der Waals surface area contributed by atoms with Gasteiger partial charge in [0.2, 0.25) is 0 Å². The molecule has 1 aromatic rings. The van der Waals surface area contributed by atoms with Crippen molar-refractivity contribution in [1.29, 1.82) is 0 Å². The summed E-state index contributed by atoms with van der Waals surface area (Å²) in [5.74, 6) is 0.389. The van der Waals surface area contributed by atoms with Crippen molar-refractivity contribution in [3.8, 4) is 5.75 Å². The van der Waals surface area contributed by atoms with Gasteiger partial charge in [-0.1, -0.05) is 12.1 Å². The van der Waals surface area contributed by atoms with Gasteiger partial charge < -0.3 is 14.4 Å². The highest BCUT2D eigenvalue weighted by atomic mass is 32.2. The number of aliphatic imine (C=N–C) groups is 1. The molecule has 1 saturated heterocycles. The van der Waals surface area contributed by atoms with Crippen LogP contribution in [-0.4, -0.2) is 48.8 Å². The normalized spacial score (nSPS) is 19.6. The molecular formula is C19H22N2O4S. The van der Waals surface area contributed by atoms with Crippen LogP contribution in [0.4, 0.5) is 0 Å². The minimum atomic E-state index is -0.215. The first-order valence-electron chi connectivity index (χ1n) is 8.69. The third-order valence-corrected chi connectivity index (χ3v) is 5.45. The number of amidine groups is 1. The van der Waals surface area contributed by atoms with E-state index in [1.165, 1.54) is 11.8 Å². The Hall–Kier alpha value is -2.28. The summed E-state index contributed by atoms with van der Waals surface area (Å²) in [4.78, 5) is 30.9. The van der Waals surface area contributed by atoms with Gasteiger partial charge in [-0.25, -0.2) is 0 Å². The van der Waals surface area contributed by atoms with E-state index in [2.05, 4.69) is 9.89 Å². The van der Waals surface area contributed by atoms with Crippen LogP contribution in [0, 0.1) is 5.92 Å². The van der Waals surface area contributed by atoms with Gasteiger partial charge in [0.25, 0.3) is 5.91 Å². The summed E-state index contributed by atoms with van der Waals surface area (Å²) >= 11 is 1.39. The molecule has 2 heterocycles. The van der Waals surface area contributed by atoms with E-state index in [9.17, 15) is 9.59 Å². The summed E-state index contributed by atoms with van der Waals surface area (Å²) in [6.07, 6.45) is 3.29. The number of hydrogen-bond donors (Lipinski definition) is 0. The number of piperidine rings is 1. The molecule has 2 aliphatic rings. The number of hydrogen-bond acceptors (Lipinski definition) is 6. The van der Waals surface area contributed by atoms with E-state index in [4.69, 9.17) is 9.47 Å². The molecule has 3 rings (SSSR count). The first-order chi connectivity index (χ1) is 12.6. The Labute approximate surface area is 157 Å². The lowest BCUT2D eigenvalue weighted by Gasteiger charge is -2.31. The first kappa shape index (κ1) is 18.5. The Morgan fingerprint density at radius 1 is 1.31 bits per heavy atom. The number of likely N-dealkylation sites (tertiary alicyclic amines) is 1. The fourth-order valence-electron chi connectivity index (χ4n) is 2.95. The van der Waals surface area contributed by atoms with Gasteiger partial charge in [0.15, 0.2) is 5.17 Å². The molecule has 0 aromatic heterocycles. The fourth-order valence-corrected chi connectivity index (χ4v) is 3.92. The largest absolute Gasteiger partial charge is 0.497 e. The topological polar surface area (TPSA) is 68.2 Å². The second-order valence-corrected chi connectivity index (χ2v) is 7.11. The SMILES string of the molecule is CCOC(=O)C1CCN(C2=NC(=O)C(=Cc3ccc(OC)cc3)S2)CC1. The Balaban J connectivity index is 1.60. The van der Waals surface area contributed by atoms with Gasteiger partial charge in [0.1, 0.15) is 5.75 Å². The molecule has 0 atom stereocenters. The third-order valence-electron chi connectivity index (χ3n) is 4.41. The van der Waals surface area contributed by atoms with Crippen LogP contribution in [-0.2, 0) is 14.3 Å². The quantitative estimate of drug-likeness (QED) is 0.596. The molecule has 0 radical (unpaired) electrons. The maximum absolute atomic E-state index is 12.2. The number of ether oxygens (including phenoxy) is 2. The summed E-state index contributed by atoms with van der Waals surface area (Å²) in [5, 5.41) is 0.720. The van der Waals surface area contributed by atoms with E-state index in [1.54, 1.807) is 7.11 Å². The van der Waals surface area contributed by atoms with Crippen molar-refractivity contribution in [3.63, 3.8) is 0 Å². The molecule has 0 aliphatic carbocycles. The predicted octanol–water partition coefficient (Wildman–Crippen LogP) is 2.94. The molecule has 7 heteroatoms. The third kappa shape index (κ3) is 4.27. The van der Waals surface area contributed by atoms with Crippen LogP contribution in [0.1, 0.15) is 25.3 Å². The van der Waals surface area contributed by atoms with Gasteiger partial charge in [-0.15, -0.1) is 0 Å². The molecule has 0 N–H and O–H groups in total. The molecular weight excluding hydrogens is 352 g/mol. The van der Waals surface area contributed by atoms with Gasteiger partial charge >= 0.3 is 5.97 Å². The van der Waals surface area contributed by atoms with Crippen LogP contribution in [0.25, 0.3) is 6.08 Å². The molecule has 6 nitrogen and oxygen atoms in total. The maximum atomic E-state index is 12.2. The molecule has 1 amide bonds. The summed E-state index contributed by atoms with van der Waals surface area (Å²) in [7, 11) is 1.62. The Morgan fingerprint density at radius 2 is 2.00 bits per heavy atom. The van der Waals surface area contributed by atoms with Crippen LogP contribution in [0.15, 0.2) is 34.2 Å². The summed E-state index contributed by atoms with van der Waals surface area (Å²) in [6.45, 7) is 3.64. The smallest absolute Gasteiger partial charge is 0.309 e. The first-order valence-corrected chi connectivity index (χ1v) is 9.50. The van der Waals surface area contributed by atoms with Crippen molar-refractivity contribution < 1.29 is 19.1 Å². The van der Waals surface area contributed by atoms with Crippen LogP contribution in [0.2, 0.25) is 0 Å². The number of amides is 1. The standard InChI is InChI=1S/C19H22N2O4S/c1-3-25-18(23)14-8-10-21(11-9-14)19-20-17(22)16(26-19)12-13-4-6-15(24-2)7-5-13/h4-7,12,14H,3,8-11H2,1-2H3. The van der Waals surface area contributed by atoms with Crippen molar-refractivity contribution in [1.82, 2.24) is 4.90 Å². The van der Waals surface area contributed by atoms with Crippen molar-refractivity contribution >= 4 is 34.9 Å². The number of esters is 1. The minimum absolute atomic E-state index is 0.0526. The second kappa shape index (κ2) is 8.40. The van der Waals surface area contributed by atoms with Crippen molar-refractivity contribution in [2.24, 2.45) is 10.9 Å². The zero-order valence-electron chi connectivity index (χ0n) is 14.9. The van der Waals surface area contributed by atoms with Gasteiger partial charge in [0, 0.05) is 13.1 Å². The van der Waals surface area contributed by atoms with Crippen LogP contribution in [0.5, 0.6) is 5.75 Å². The molecule has 1 aromatic carbocycles. The lowest BCUT2D eigenvalue weighted by atomic mass is 9.97.